The van der Waals surface area contributed by atoms with Gasteiger partial charge in [0.2, 0.25) is 0 Å². The van der Waals surface area contributed by atoms with Crippen LogP contribution < -0.4 is 0 Å². The fraction of sp³-hybridized carbons (Fsp3) is 0.143. The van der Waals surface area contributed by atoms with Gasteiger partial charge in [-0.15, -0.1) is 0 Å². The molecular weight excluding hydrogens is 595 g/mol. The summed E-state index contributed by atoms with van der Waals surface area (Å²) in [6, 6.07) is 22.5. The summed E-state index contributed by atoms with van der Waals surface area (Å²) in [5.41, 5.74) is -0.926. The van der Waals surface area contributed by atoms with E-state index < -0.39 is 53.1 Å². The van der Waals surface area contributed by atoms with Crippen LogP contribution in [-0.4, -0.2) is 26.7 Å². The third-order valence-electron chi connectivity index (χ3n) is 6.53. The minimum absolute atomic E-state index is 0.0756. The molecule has 0 unspecified atom stereocenters. The van der Waals surface area contributed by atoms with Crippen molar-refractivity contribution in [1.82, 2.24) is 0 Å². The molecule has 0 spiro atoms. The van der Waals surface area contributed by atoms with E-state index in [9.17, 15) is 40.5 Å². The summed E-state index contributed by atoms with van der Waals surface area (Å²) in [5, 5.41) is 46.6. The minimum atomic E-state index is -3.55. The summed E-state index contributed by atoms with van der Waals surface area (Å²) in [7, 11) is 0. The SMILES string of the molecule is O=[N+]([O-])c1ccccc1CO[B-](OCc1ccccc1[N+](=O)[O-])(OCc1ccccc1[N+](=O)[O-])OCc1ccccc1[N+](=O)[O-]. The van der Waals surface area contributed by atoms with E-state index in [-0.39, 0.29) is 45.0 Å². The number of hydrogen-bond donors (Lipinski definition) is 0. The van der Waals surface area contributed by atoms with E-state index in [0.717, 1.165) is 0 Å². The van der Waals surface area contributed by atoms with Crippen molar-refractivity contribution in [1.29, 1.82) is 0 Å². The largest absolute Gasteiger partial charge is 0.532 e. The second kappa shape index (κ2) is 14.7. The number of nitro groups is 4. The van der Waals surface area contributed by atoms with Crippen LogP contribution in [0.5, 0.6) is 0 Å². The molecule has 0 radical (unpaired) electrons. The maximum Gasteiger partial charge on any atom is 0.532 e. The highest BCUT2D eigenvalue weighted by molar-refractivity contribution is 6.53. The normalized spacial score (nSPS) is 11.2. The highest BCUT2D eigenvalue weighted by Crippen LogP contribution is 2.29. The molecule has 16 nitrogen and oxygen atoms in total. The van der Waals surface area contributed by atoms with Crippen LogP contribution in [0.1, 0.15) is 22.3 Å². The molecule has 0 bridgehead atoms. The molecule has 0 N–H and O–H groups in total. The number of benzene rings is 4. The summed E-state index contributed by atoms with van der Waals surface area (Å²) in [6.07, 6.45) is 0. The molecule has 0 heterocycles. The molecule has 45 heavy (non-hydrogen) atoms. The number of rotatable bonds is 16. The lowest BCUT2D eigenvalue weighted by Gasteiger charge is -2.41. The van der Waals surface area contributed by atoms with Gasteiger partial charge >= 0.3 is 6.96 Å². The Balaban J connectivity index is 1.76. The average molecular weight is 619 g/mol. The summed E-state index contributed by atoms with van der Waals surface area (Å²) in [4.78, 5) is 44.1. The van der Waals surface area contributed by atoms with Crippen molar-refractivity contribution in [2.75, 3.05) is 0 Å². The van der Waals surface area contributed by atoms with E-state index >= 15 is 0 Å². The van der Waals surface area contributed by atoms with E-state index in [1.807, 2.05) is 0 Å². The van der Waals surface area contributed by atoms with Gasteiger partial charge in [0.05, 0.1) is 41.9 Å². The number of nitrogens with zero attached hydrogens (tertiary/aromatic N) is 4. The van der Waals surface area contributed by atoms with Gasteiger partial charge in [0.25, 0.3) is 22.7 Å². The number of hydrogen-bond acceptors (Lipinski definition) is 12. The topological polar surface area (TPSA) is 209 Å². The molecule has 0 atom stereocenters. The van der Waals surface area contributed by atoms with Crippen molar-refractivity contribution in [3.8, 4) is 0 Å². The molecule has 17 heteroatoms. The van der Waals surface area contributed by atoms with Crippen molar-refractivity contribution in [3.05, 3.63) is 160 Å². The van der Waals surface area contributed by atoms with Crippen molar-refractivity contribution >= 4 is 29.7 Å². The first-order valence-electron chi connectivity index (χ1n) is 13.2. The Morgan fingerprint density at radius 1 is 0.400 bits per heavy atom. The molecule has 4 aromatic rings. The van der Waals surface area contributed by atoms with Crippen molar-refractivity contribution in [3.63, 3.8) is 0 Å². The first-order valence-corrected chi connectivity index (χ1v) is 13.2. The average Bonchev–Trinajstić information content (AvgIpc) is 3.04. The van der Waals surface area contributed by atoms with Gasteiger partial charge in [-0.1, -0.05) is 48.5 Å². The fourth-order valence-corrected chi connectivity index (χ4v) is 4.30. The zero-order valence-corrected chi connectivity index (χ0v) is 23.3. The Hall–Kier alpha value is -5.62. The Morgan fingerprint density at radius 3 is 0.800 bits per heavy atom. The fourth-order valence-electron chi connectivity index (χ4n) is 4.30. The molecule has 0 fully saturated rings. The van der Waals surface area contributed by atoms with Crippen molar-refractivity contribution < 1.29 is 38.3 Å². The predicted octanol–water partition coefficient (Wildman–Crippen LogP) is 5.92. The first kappa shape index (κ1) is 32.3. The quantitative estimate of drug-likeness (QED) is 0.0812. The molecule has 0 aliphatic rings. The van der Waals surface area contributed by atoms with E-state index in [2.05, 4.69) is 0 Å². The Morgan fingerprint density at radius 2 is 0.600 bits per heavy atom. The third kappa shape index (κ3) is 8.27. The van der Waals surface area contributed by atoms with Gasteiger partial charge in [-0.05, 0) is 24.3 Å². The van der Waals surface area contributed by atoms with Crippen LogP contribution in [0.4, 0.5) is 22.7 Å². The molecular formula is C28H24BN4O12-. The predicted molar refractivity (Wildman–Crippen MR) is 157 cm³/mol. The van der Waals surface area contributed by atoms with E-state index in [4.69, 9.17) is 18.6 Å². The number of para-hydroxylation sites is 4. The van der Waals surface area contributed by atoms with Crippen LogP contribution in [0, 0.1) is 40.5 Å². The van der Waals surface area contributed by atoms with Crippen molar-refractivity contribution in [2.45, 2.75) is 26.4 Å². The van der Waals surface area contributed by atoms with Gasteiger partial charge in [0.1, 0.15) is 0 Å². The molecule has 0 aliphatic heterocycles. The zero-order valence-electron chi connectivity index (χ0n) is 23.3. The molecule has 4 aromatic carbocycles. The van der Waals surface area contributed by atoms with Crippen LogP contribution in [0.3, 0.4) is 0 Å². The highest BCUT2D eigenvalue weighted by atomic mass is 16.9. The highest BCUT2D eigenvalue weighted by Gasteiger charge is 2.36. The summed E-state index contributed by atoms with van der Waals surface area (Å²) in [5.74, 6) is 0. The Labute approximate surface area is 254 Å². The first-order chi connectivity index (χ1) is 21.6. The molecule has 0 saturated heterocycles. The molecule has 232 valence electrons. The lowest BCUT2D eigenvalue weighted by atomic mass is 10.0. The summed E-state index contributed by atoms with van der Waals surface area (Å²) in [6.45, 7) is -5.71. The van der Waals surface area contributed by atoms with Gasteiger partial charge in [0, 0.05) is 50.7 Å². The van der Waals surface area contributed by atoms with Crippen molar-refractivity contribution in [2.24, 2.45) is 0 Å². The minimum Gasteiger partial charge on any atom is -0.515 e. The second-order valence-electron chi connectivity index (χ2n) is 9.36. The summed E-state index contributed by atoms with van der Waals surface area (Å²) < 4.78 is 23.8. The molecule has 0 aliphatic carbocycles. The maximum absolute atomic E-state index is 11.7. The maximum atomic E-state index is 11.7. The summed E-state index contributed by atoms with van der Waals surface area (Å²) >= 11 is 0. The van der Waals surface area contributed by atoms with E-state index in [0.29, 0.717) is 0 Å². The second-order valence-corrected chi connectivity index (χ2v) is 9.36. The standard InChI is InChI=1S/C28H24BN4O12/c34-30(35)25-13-5-1-9-21(25)17-42-29(43-18-22-10-2-6-14-26(22)31(36)37,44-19-23-11-3-7-15-27(23)32(38)39)45-20-24-12-4-8-16-28(24)33(40)41/h1-16H,17-20H2/q-1. The Bertz CT molecular complexity index is 1470. The van der Waals surface area contributed by atoms with Crippen LogP contribution in [0.25, 0.3) is 0 Å². The van der Waals surface area contributed by atoms with Gasteiger partial charge in [-0.3, -0.25) is 40.5 Å². The monoisotopic (exact) mass is 619 g/mol. The molecule has 0 saturated carbocycles. The van der Waals surface area contributed by atoms with Gasteiger partial charge < -0.3 is 18.6 Å². The van der Waals surface area contributed by atoms with Crippen LogP contribution in [-0.2, 0) is 45.0 Å². The Kier molecular flexibility index (Phi) is 10.6. The van der Waals surface area contributed by atoms with E-state index in [1.165, 1.54) is 97.1 Å². The lowest BCUT2D eigenvalue weighted by Crippen LogP contribution is -2.48. The lowest BCUT2D eigenvalue weighted by molar-refractivity contribution is -0.385. The zero-order chi connectivity index (χ0) is 32.4. The number of nitro benzene ring substituents is 4. The van der Waals surface area contributed by atoms with Gasteiger partial charge in [-0.25, -0.2) is 0 Å². The third-order valence-corrected chi connectivity index (χ3v) is 6.53. The molecule has 0 amide bonds. The smallest absolute Gasteiger partial charge is 0.515 e. The van der Waals surface area contributed by atoms with E-state index in [1.54, 1.807) is 0 Å². The molecule has 0 aromatic heterocycles. The van der Waals surface area contributed by atoms with Crippen LogP contribution in [0.2, 0.25) is 0 Å². The van der Waals surface area contributed by atoms with Gasteiger partial charge in [-0.2, -0.15) is 0 Å². The van der Waals surface area contributed by atoms with Crippen LogP contribution >= 0.6 is 0 Å². The van der Waals surface area contributed by atoms with Gasteiger partial charge in [0.15, 0.2) is 0 Å². The van der Waals surface area contributed by atoms with Crippen LogP contribution in [0.15, 0.2) is 97.1 Å². The molecule has 4 rings (SSSR count).